The van der Waals surface area contributed by atoms with Crippen LogP contribution >= 0.6 is 0 Å². The summed E-state index contributed by atoms with van der Waals surface area (Å²) in [6, 6.07) is 0. The van der Waals surface area contributed by atoms with E-state index in [0.29, 0.717) is 0 Å². The van der Waals surface area contributed by atoms with Crippen molar-refractivity contribution in [2.45, 2.75) is 32.6 Å². The van der Waals surface area contributed by atoms with E-state index in [9.17, 15) is 0 Å². The summed E-state index contributed by atoms with van der Waals surface area (Å²) < 4.78 is 0. The van der Waals surface area contributed by atoms with Crippen molar-refractivity contribution in [2.24, 2.45) is 4.99 Å². The standard InChI is InChI=1S/C8H11N.CH3.W/c1-2-9-8-6-4-3-5-7-8;;/h3-6H2,1H3;1H3;/q-2;-1;. The molecule has 0 saturated carbocycles. The van der Waals surface area contributed by atoms with Crippen LogP contribution in [0.25, 0.3) is 0 Å². The molecule has 0 amide bonds. The summed E-state index contributed by atoms with van der Waals surface area (Å²) in [6.07, 6.45) is 10.7. The van der Waals surface area contributed by atoms with Crippen molar-refractivity contribution in [3.8, 4) is 0 Å². The van der Waals surface area contributed by atoms with E-state index in [0.717, 1.165) is 18.5 Å². The van der Waals surface area contributed by atoms with Gasteiger partial charge in [-0.3, -0.25) is 0 Å². The quantitative estimate of drug-likeness (QED) is 0.520. The first-order valence-electron chi connectivity index (χ1n) is 3.40. The molecule has 0 heterocycles. The Labute approximate surface area is 84.3 Å². The van der Waals surface area contributed by atoms with Crippen molar-refractivity contribution in [2.75, 3.05) is 0 Å². The van der Waals surface area contributed by atoms with Gasteiger partial charge in [-0.05, 0) is 0 Å². The number of hydrogen-bond acceptors (Lipinski definition) is 1. The Hall–Kier alpha value is 0.0983. The van der Waals surface area contributed by atoms with Crippen molar-refractivity contribution in [1.82, 2.24) is 0 Å². The van der Waals surface area contributed by atoms with Gasteiger partial charge in [-0.15, -0.1) is 13.3 Å². The molecule has 1 aliphatic rings. The Bertz CT molecular complexity index is 138. The first-order chi connectivity index (χ1) is 4.43. The zero-order valence-electron chi connectivity index (χ0n) is 7.18. The summed E-state index contributed by atoms with van der Waals surface area (Å²) in [4.78, 5) is 4.04. The first-order valence-corrected chi connectivity index (χ1v) is 3.40. The number of allylic oxidation sites excluding steroid dienone is 2. The van der Waals surface area contributed by atoms with E-state index >= 15 is 0 Å². The number of nitrogens with zero attached hydrogens (tertiary/aromatic N) is 1. The van der Waals surface area contributed by atoms with Gasteiger partial charge in [0.05, 0.1) is 0 Å². The molecule has 0 unspecified atom stereocenters. The molecule has 0 atom stereocenters. The van der Waals surface area contributed by atoms with Crippen molar-refractivity contribution >= 4 is 6.21 Å². The van der Waals surface area contributed by atoms with Gasteiger partial charge >= 0.3 is 0 Å². The summed E-state index contributed by atoms with van der Waals surface area (Å²) in [5, 5.41) is 0. The molecular formula is C9H14NW-3. The van der Waals surface area contributed by atoms with Gasteiger partial charge in [0.15, 0.2) is 0 Å². The van der Waals surface area contributed by atoms with Crippen molar-refractivity contribution in [1.29, 1.82) is 0 Å². The van der Waals surface area contributed by atoms with Crippen LogP contribution in [-0.2, 0) is 21.1 Å². The molecule has 11 heavy (non-hydrogen) atoms. The van der Waals surface area contributed by atoms with Crippen LogP contribution in [0.1, 0.15) is 32.6 Å². The molecule has 64 valence electrons. The second-order valence-electron chi connectivity index (χ2n) is 2.17. The average Bonchev–Trinajstić information content (AvgIpc) is 1.91. The summed E-state index contributed by atoms with van der Waals surface area (Å²) in [5.41, 5.74) is 1.10. The predicted molar refractivity (Wildman–Crippen MR) is 44.7 cm³/mol. The maximum absolute atomic E-state index is 4.04. The van der Waals surface area contributed by atoms with Crippen LogP contribution in [0.5, 0.6) is 0 Å². The third-order valence-electron chi connectivity index (χ3n) is 1.42. The number of aliphatic imine (C=N–C) groups is 1. The molecule has 0 aromatic rings. The molecule has 0 saturated heterocycles. The smallest absolute Gasteiger partial charge is 0 e. The van der Waals surface area contributed by atoms with Gasteiger partial charge in [0.2, 0.25) is 0 Å². The molecule has 0 spiro atoms. The largest absolute Gasteiger partial charge is 0.580 e. The Balaban J connectivity index is 0. The van der Waals surface area contributed by atoms with Gasteiger partial charge in [-0.2, -0.15) is 6.21 Å². The van der Waals surface area contributed by atoms with Crippen molar-refractivity contribution < 1.29 is 21.1 Å². The second-order valence-corrected chi connectivity index (χ2v) is 2.17. The van der Waals surface area contributed by atoms with E-state index in [1.165, 1.54) is 12.8 Å². The van der Waals surface area contributed by atoms with Crippen LogP contribution in [0.15, 0.2) is 10.7 Å². The van der Waals surface area contributed by atoms with E-state index in [1.807, 2.05) is 6.92 Å². The molecule has 0 fully saturated rings. The molecule has 1 aliphatic carbocycles. The fourth-order valence-electron chi connectivity index (χ4n) is 0.969. The van der Waals surface area contributed by atoms with Crippen LogP contribution in [0.3, 0.4) is 0 Å². The van der Waals surface area contributed by atoms with Crippen molar-refractivity contribution in [3.63, 3.8) is 0 Å². The van der Waals surface area contributed by atoms with E-state index in [-0.39, 0.29) is 28.5 Å². The predicted octanol–water partition coefficient (Wildman–Crippen LogP) is 2.66. The SMILES string of the molecule is C[C-]=NC1=[C-]CCCC1.[CH3-].[W]. The molecule has 0 aromatic carbocycles. The minimum Gasteiger partial charge on any atom is -0.580 e. The van der Waals surface area contributed by atoms with Crippen molar-refractivity contribution in [3.05, 3.63) is 19.2 Å². The Kier molecular flexibility index (Phi) is 10.2. The molecule has 0 N–H and O–H groups in total. The van der Waals surface area contributed by atoms with Gasteiger partial charge in [0.1, 0.15) is 0 Å². The van der Waals surface area contributed by atoms with Crippen LogP contribution < -0.4 is 0 Å². The monoisotopic (exact) mass is 320 g/mol. The van der Waals surface area contributed by atoms with Gasteiger partial charge in [-0.25, -0.2) is 6.42 Å². The van der Waals surface area contributed by atoms with Crippen LogP contribution in [-0.4, -0.2) is 6.21 Å². The Morgan fingerprint density at radius 1 is 1.45 bits per heavy atom. The van der Waals surface area contributed by atoms with E-state index in [1.54, 1.807) is 0 Å². The molecule has 2 heteroatoms. The fourth-order valence-corrected chi connectivity index (χ4v) is 0.969. The molecule has 0 radical (unpaired) electrons. The normalized spacial score (nSPS) is 16.6. The Morgan fingerprint density at radius 2 is 2.18 bits per heavy atom. The van der Waals surface area contributed by atoms with Crippen LogP contribution in [0.2, 0.25) is 0 Å². The summed E-state index contributed by atoms with van der Waals surface area (Å²) in [5.74, 6) is 0. The van der Waals surface area contributed by atoms with E-state index in [4.69, 9.17) is 0 Å². The maximum Gasteiger partial charge on any atom is 0 e. The third-order valence-corrected chi connectivity index (χ3v) is 1.42. The molecule has 1 nitrogen and oxygen atoms in total. The molecule has 0 bridgehead atoms. The zero-order valence-corrected chi connectivity index (χ0v) is 10.1. The van der Waals surface area contributed by atoms with Gasteiger partial charge < -0.3 is 24.2 Å². The minimum absolute atomic E-state index is 0. The minimum atomic E-state index is 0. The zero-order chi connectivity index (χ0) is 6.53. The van der Waals surface area contributed by atoms with Gasteiger partial charge in [-0.1, -0.05) is 12.8 Å². The summed E-state index contributed by atoms with van der Waals surface area (Å²) in [6.45, 7) is 1.82. The Morgan fingerprint density at radius 3 is 2.64 bits per heavy atom. The topological polar surface area (TPSA) is 12.4 Å². The summed E-state index contributed by atoms with van der Waals surface area (Å²) in [7, 11) is 0. The fraction of sp³-hybridized carbons (Fsp3) is 0.556. The van der Waals surface area contributed by atoms with E-state index in [2.05, 4.69) is 17.3 Å². The number of rotatable bonds is 1. The molecular weight excluding hydrogens is 306 g/mol. The molecule has 1 rings (SSSR count). The molecule has 0 aromatic heterocycles. The van der Waals surface area contributed by atoms with Gasteiger partial charge in [0, 0.05) is 21.1 Å². The summed E-state index contributed by atoms with van der Waals surface area (Å²) >= 11 is 0. The van der Waals surface area contributed by atoms with Crippen LogP contribution in [0, 0.1) is 13.5 Å². The maximum atomic E-state index is 4.04. The first kappa shape index (κ1) is 13.7. The second kappa shape index (κ2) is 8.20. The van der Waals surface area contributed by atoms with Crippen LogP contribution in [0.4, 0.5) is 0 Å². The average molecular weight is 320 g/mol. The molecule has 0 aliphatic heterocycles. The number of hydrogen-bond donors (Lipinski definition) is 0. The van der Waals surface area contributed by atoms with Gasteiger partial charge in [0.25, 0.3) is 0 Å². The van der Waals surface area contributed by atoms with E-state index < -0.39 is 0 Å². The third kappa shape index (κ3) is 5.38.